The number of aromatic nitrogens is 1. The van der Waals surface area contributed by atoms with Gasteiger partial charge in [0.25, 0.3) is 0 Å². The molecule has 3 atom stereocenters. The Bertz CT molecular complexity index is 1210. The largest absolute Gasteiger partial charge is 0.472 e. The fraction of sp³-hybridized carbons (Fsp3) is 0.586. The molecule has 1 aromatic heterocycles. The van der Waals surface area contributed by atoms with Crippen LogP contribution in [0, 0.1) is 5.41 Å². The number of fused-ring (bicyclic) bond motifs is 3. The number of rotatable bonds is 3. The Morgan fingerprint density at radius 2 is 2.00 bits per heavy atom. The van der Waals surface area contributed by atoms with E-state index in [1.54, 1.807) is 24.9 Å². The van der Waals surface area contributed by atoms with Gasteiger partial charge in [-0.3, -0.25) is 4.79 Å². The van der Waals surface area contributed by atoms with Gasteiger partial charge in [0.2, 0.25) is 11.8 Å². The molecule has 4 rings (SSSR count). The molecular weight excluding hydrogens is 518 g/mol. The van der Waals surface area contributed by atoms with Crippen molar-refractivity contribution in [3.05, 3.63) is 30.0 Å². The van der Waals surface area contributed by atoms with E-state index in [1.165, 1.54) is 10.5 Å². The number of thioether (sulfide) groups is 1. The number of alkyl carbamates (subject to hydrolysis) is 1. The highest BCUT2D eigenvalue weighted by Gasteiger charge is 2.46. The van der Waals surface area contributed by atoms with Gasteiger partial charge in [0.15, 0.2) is 0 Å². The topological polar surface area (TPSA) is 107 Å². The Hall–Kier alpha value is -3.01. The maximum Gasteiger partial charge on any atom is 0.407 e. The van der Waals surface area contributed by atoms with Gasteiger partial charge in [0, 0.05) is 28.3 Å². The molecule has 0 radical (unpaired) electrons. The van der Waals surface area contributed by atoms with Gasteiger partial charge in [-0.05, 0) is 68.0 Å². The smallest absolute Gasteiger partial charge is 0.407 e. The third-order valence-corrected chi connectivity index (χ3v) is 7.96. The first-order chi connectivity index (χ1) is 18.6. The normalized spacial score (nSPS) is 23.0. The molecule has 3 heterocycles. The molecule has 1 fully saturated rings. The summed E-state index contributed by atoms with van der Waals surface area (Å²) in [5.41, 5.74) is 0.557. The number of amides is 2. The molecule has 1 saturated heterocycles. The quantitative estimate of drug-likeness (QED) is 0.426. The number of ether oxygens (including phenoxy) is 3. The number of benzene rings is 1. The zero-order valence-corrected chi connectivity index (χ0v) is 24.3. The molecule has 2 amide bonds. The van der Waals surface area contributed by atoms with Crippen molar-refractivity contribution in [3.63, 3.8) is 0 Å². The van der Waals surface area contributed by atoms with Crippen molar-refractivity contribution < 1.29 is 28.6 Å². The molecule has 0 unspecified atom stereocenters. The highest BCUT2D eigenvalue weighted by Crippen LogP contribution is 2.35. The highest BCUT2D eigenvalue weighted by molar-refractivity contribution is 7.98. The number of aryl methyl sites for hydroxylation is 1. The highest BCUT2D eigenvalue weighted by atomic mass is 32.2. The number of carbonyl (C=O) groups is 3. The molecule has 1 N–H and O–H groups in total. The van der Waals surface area contributed by atoms with Crippen molar-refractivity contribution in [2.45, 2.75) is 82.9 Å². The van der Waals surface area contributed by atoms with Gasteiger partial charge < -0.3 is 24.4 Å². The summed E-state index contributed by atoms with van der Waals surface area (Å²) in [6, 6.07) is 4.59. The first-order valence-electron chi connectivity index (χ1n) is 13.6. The minimum Gasteiger partial charge on any atom is -0.472 e. The molecule has 4 bridgehead atoms. The molecule has 0 aliphatic carbocycles. The van der Waals surface area contributed by atoms with Gasteiger partial charge in [-0.15, -0.1) is 11.8 Å². The lowest BCUT2D eigenvalue weighted by molar-refractivity contribution is -0.154. The van der Waals surface area contributed by atoms with Crippen molar-refractivity contribution in [2.75, 3.05) is 26.0 Å². The van der Waals surface area contributed by atoms with Crippen LogP contribution in [0.15, 0.2) is 29.3 Å². The van der Waals surface area contributed by atoms with Crippen LogP contribution in [-0.4, -0.2) is 72.1 Å². The zero-order valence-electron chi connectivity index (χ0n) is 23.5. The number of nitrogens with one attached hydrogen (secondary N) is 1. The molecule has 0 saturated carbocycles. The summed E-state index contributed by atoms with van der Waals surface area (Å²) in [6.07, 6.45) is 6.38. The zero-order chi connectivity index (χ0) is 28.2. The van der Waals surface area contributed by atoms with Crippen molar-refractivity contribution in [1.29, 1.82) is 0 Å². The van der Waals surface area contributed by atoms with Crippen LogP contribution in [0.5, 0.6) is 5.88 Å². The molecule has 2 aliphatic rings. The molecule has 2 aromatic rings. The second-order valence-electron chi connectivity index (χ2n) is 11.1. The lowest BCUT2D eigenvalue weighted by atomic mass is 9.85. The number of esters is 1. The Morgan fingerprint density at radius 1 is 1.21 bits per heavy atom. The first-order valence-corrected chi connectivity index (χ1v) is 14.9. The summed E-state index contributed by atoms with van der Waals surface area (Å²) in [5.74, 6) is -0.375. The lowest BCUT2D eigenvalue weighted by Crippen LogP contribution is -2.57. The Kier molecular flexibility index (Phi) is 9.25. The molecule has 1 aromatic carbocycles. The van der Waals surface area contributed by atoms with E-state index in [0.717, 1.165) is 41.4 Å². The van der Waals surface area contributed by atoms with Gasteiger partial charge in [-0.25, -0.2) is 14.6 Å². The number of carbonyl (C=O) groups excluding carboxylic acids is 3. The van der Waals surface area contributed by atoms with Crippen LogP contribution in [0.25, 0.3) is 10.8 Å². The van der Waals surface area contributed by atoms with Crippen LogP contribution in [0.1, 0.15) is 58.9 Å². The summed E-state index contributed by atoms with van der Waals surface area (Å²) in [4.78, 5) is 46.7. The maximum atomic E-state index is 13.9. The van der Waals surface area contributed by atoms with Crippen molar-refractivity contribution in [3.8, 4) is 5.88 Å². The van der Waals surface area contributed by atoms with E-state index in [0.29, 0.717) is 5.88 Å². The van der Waals surface area contributed by atoms with Gasteiger partial charge >= 0.3 is 12.1 Å². The average Bonchev–Trinajstić information content (AvgIpc) is 3.31. The van der Waals surface area contributed by atoms with E-state index >= 15 is 0 Å². The van der Waals surface area contributed by atoms with Gasteiger partial charge in [0.05, 0.1) is 19.8 Å². The second-order valence-corrected chi connectivity index (χ2v) is 12.0. The average molecular weight is 558 g/mol. The number of hydrogen-bond donors (Lipinski definition) is 1. The molecular formula is C29H39N3O6S. The van der Waals surface area contributed by atoms with E-state index in [-0.39, 0.29) is 32.1 Å². The van der Waals surface area contributed by atoms with E-state index in [4.69, 9.17) is 14.2 Å². The van der Waals surface area contributed by atoms with E-state index in [2.05, 4.69) is 28.7 Å². The van der Waals surface area contributed by atoms with Crippen molar-refractivity contribution in [2.24, 2.45) is 5.41 Å². The second kappa shape index (κ2) is 12.4. The molecule has 10 heteroatoms. The maximum absolute atomic E-state index is 13.9. The Balaban J connectivity index is 1.74. The molecule has 39 heavy (non-hydrogen) atoms. The monoisotopic (exact) mass is 557 g/mol. The lowest BCUT2D eigenvalue weighted by Gasteiger charge is -2.34. The predicted octanol–water partition coefficient (Wildman–Crippen LogP) is 4.74. The van der Waals surface area contributed by atoms with Gasteiger partial charge in [0.1, 0.15) is 18.2 Å². The summed E-state index contributed by atoms with van der Waals surface area (Å²) in [6.45, 7) is 7.96. The minimum absolute atomic E-state index is 0.165. The number of hydrogen-bond acceptors (Lipinski definition) is 8. The number of nitrogens with zero attached hydrogens (tertiary/aromatic N) is 2. The number of cyclic esters (lactones) is 1. The fourth-order valence-electron chi connectivity index (χ4n) is 5.18. The molecule has 212 valence electrons. The van der Waals surface area contributed by atoms with E-state index in [9.17, 15) is 14.4 Å². The van der Waals surface area contributed by atoms with Crippen molar-refractivity contribution >= 4 is 40.5 Å². The van der Waals surface area contributed by atoms with E-state index in [1.807, 2.05) is 26.8 Å². The van der Waals surface area contributed by atoms with Crippen LogP contribution in [0.3, 0.4) is 0 Å². The van der Waals surface area contributed by atoms with Gasteiger partial charge in [-0.1, -0.05) is 20.8 Å². The van der Waals surface area contributed by atoms with Crippen LogP contribution in [-0.2, 0) is 25.5 Å². The summed E-state index contributed by atoms with van der Waals surface area (Å²) in [5, 5.41) is 4.73. The molecule has 0 spiro atoms. The van der Waals surface area contributed by atoms with Crippen LogP contribution in [0.4, 0.5) is 4.79 Å². The Morgan fingerprint density at radius 3 is 2.72 bits per heavy atom. The third-order valence-electron chi connectivity index (χ3n) is 7.19. The molecule has 2 aliphatic heterocycles. The third kappa shape index (κ3) is 6.77. The fourth-order valence-corrected chi connectivity index (χ4v) is 5.85. The first kappa shape index (κ1) is 29.0. The summed E-state index contributed by atoms with van der Waals surface area (Å²) in [7, 11) is 0. The van der Waals surface area contributed by atoms with Crippen LogP contribution >= 0.6 is 11.8 Å². The van der Waals surface area contributed by atoms with Crippen molar-refractivity contribution in [1.82, 2.24) is 15.2 Å². The summed E-state index contributed by atoms with van der Waals surface area (Å²) < 4.78 is 17.2. The van der Waals surface area contributed by atoms with Crippen LogP contribution in [0.2, 0.25) is 0 Å². The van der Waals surface area contributed by atoms with Gasteiger partial charge in [-0.2, -0.15) is 0 Å². The Labute approximate surface area is 234 Å². The molecule has 9 nitrogen and oxygen atoms in total. The predicted molar refractivity (Wildman–Crippen MR) is 150 cm³/mol. The minimum atomic E-state index is -0.901. The van der Waals surface area contributed by atoms with E-state index < -0.39 is 35.7 Å². The SMILES string of the molecule is CCOC(=O)[C@@H]1C[C@@H]2CN1C(=O)[C@H](C(C)(C)C)NC(=O)OCCCCCc1cc(SC)c3ccnc(c3c1)O2. The number of pyridine rings is 1. The standard InChI is InChI=1S/C29H39N3O6S/c1-6-36-27(34)22-16-19-17-32(22)26(33)24(29(2,3)4)31-28(35)37-13-9-7-8-10-18-14-21-20(23(15-18)39-5)11-12-30-25(21)38-19/h11-12,14-15,19,22,24H,6-10,13,16-17H2,1-5H3,(H,31,35)/t19-,22+,24-/m1/s1. The summed E-state index contributed by atoms with van der Waals surface area (Å²) >= 11 is 1.68. The van der Waals surface area contributed by atoms with Crippen LogP contribution < -0.4 is 10.1 Å².